The number of aryl methyl sites for hydroxylation is 1. The summed E-state index contributed by atoms with van der Waals surface area (Å²) < 4.78 is 11.2. The van der Waals surface area contributed by atoms with Crippen molar-refractivity contribution in [2.75, 3.05) is 26.7 Å². The predicted octanol–water partition coefficient (Wildman–Crippen LogP) is 3.63. The van der Waals surface area contributed by atoms with Gasteiger partial charge in [0.25, 0.3) is 5.91 Å². The Bertz CT molecular complexity index is 1130. The highest BCUT2D eigenvalue weighted by Crippen LogP contribution is 2.31. The summed E-state index contributed by atoms with van der Waals surface area (Å²) in [6.07, 6.45) is 3.19. The number of hydrogen-bond donors (Lipinski definition) is 0. The third-order valence-electron chi connectivity index (χ3n) is 5.69. The topological polar surface area (TPSA) is 84.9 Å². The van der Waals surface area contributed by atoms with E-state index in [9.17, 15) is 9.59 Å². The van der Waals surface area contributed by atoms with Crippen molar-refractivity contribution in [3.8, 4) is 17.4 Å². The van der Waals surface area contributed by atoms with E-state index in [1.165, 1.54) is 0 Å². The molecule has 2 amide bonds. The maximum Gasteiger partial charge on any atom is 0.259 e. The van der Waals surface area contributed by atoms with Crippen molar-refractivity contribution in [1.82, 2.24) is 19.8 Å². The van der Waals surface area contributed by atoms with Crippen LogP contribution in [0.1, 0.15) is 34.6 Å². The molecule has 170 valence electrons. The van der Waals surface area contributed by atoms with E-state index in [1.54, 1.807) is 54.4 Å². The van der Waals surface area contributed by atoms with Crippen molar-refractivity contribution in [2.24, 2.45) is 0 Å². The van der Waals surface area contributed by atoms with E-state index in [-0.39, 0.29) is 23.7 Å². The van der Waals surface area contributed by atoms with Crippen LogP contribution in [0.25, 0.3) is 0 Å². The van der Waals surface area contributed by atoms with Gasteiger partial charge in [-0.05, 0) is 48.9 Å². The summed E-state index contributed by atoms with van der Waals surface area (Å²) >= 11 is 0. The fraction of sp³-hybridized carbons (Fsp3) is 0.280. The van der Waals surface area contributed by atoms with Crippen molar-refractivity contribution in [2.45, 2.75) is 19.9 Å². The molecule has 0 spiro atoms. The number of piperazine rings is 1. The normalized spacial score (nSPS) is 15.8. The molecule has 1 fully saturated rings. The maximum absolute atomic E-state index is 13.7. The second kappa shape index (κ2) is 9.68. The Balaban J connectivity index is 1.65. The molecule has 1 atom stereocenters. The Morgan fingerprint density at radius 1 is 1.00 bits per heavy atom. The number of amides is 2. The van der Waals surface area contributed by atoms with Gasteiger partial charge >= 0.3 is 0 Å². The summed E-state index contributed by atoms with van der Waals surface area (Å²) in [7, 11) is 1.61. The van der Waals surface area contributed by atoms with Crippen LogP contribution in [-0.4, -0.2) is 58.3 Å². The summed E-state index contributed by atoms with van der Waals surface area (Å²) in [5.41, 5.74) is 2.14. The molecule has 1 aliphatic heterocycles. The fourth-order valence-electron chi connectivity index (χ4n) is 3.84. The summed E-state index contributed by atoms with van der Waals surface area (Å²) in [4.78, 5) is 37.9. The van der Waals surface area contributed by atoms with E-state index < -0.39 is 0 Å². The van der Waals surface area contributed by atoms with E-state index in [1.807, 2.05) is 37.3 Å². The number of benzene rings is 1. The highest BCUT2D eigenvalue weighted by atomic mass is 16.5. The summed E-state index contributed by atoms with van der Waals surface area (Å²) in [5.74, 6) is 1.22. The number of methoxy groups -OCH3 is 1. The monoisotopic (exact) mass is 446 g/mol. The summed E-state index contributed by atoms with van der Waals surface area (Å²) in [5, 5.41) is 0. The van der Waals surface area contributed by atoms with Crippen molar-refractivity contribution in [3.05, 3.63) is 77.7 Å². The fourth-order valence-corrected chi connectivity index (χ4v) is 3.84. The summed E-state index contributed by atoms with van der Waals surface area (Å²) in [6, 6.07) is 14.3. The predicted molar refractivity (Wildman–Crippen MR) is 122 cm³/mol. The Labute approximate surface area is 192 Å². The van der Waals surface area contributed by atoms with Crippen LogP contribution < -0.4 is 9.47 Å². The average Bonchev–Trinajstić information content (AvgIpc) is 2.85. The zero-order valence-electron chi connectivity index (χ0n) is 18.9. The standard InChI is InChI=1S/C25H26N4O4/c1-17-6-9-21(15-27-17)33-24-22(5-4-12-26-24)25(31)29-14-13-28(18(2)30)16-23(29)19-7-10-20(32-3)11-8-19/h4-12,15,23H,13-14,16H2,1-3H3/t23-/m1/s1. The number of ether oxygens (including phenoxy) is 2. The van der Waals surface area contributed by atoms with Crippen LogP contribution in [0.5, 0.6) is 17.4 Å². The van der Waals surface area contributed by atoms with E-state index in [0.717, 1.165) is 17.0 Å². The number of rotatable bonds is 5. The van der Waals surface area contributed by atoms with Crippen molar-refractivity contribution >= 4 is 11.8 Å². The lowest BCUT2D eigenvalue weighted by Crippen LogP contribution is -2.51. The van der Waals surface area contributed by atoms with Gasteiger partial charge in [-0.25, -0.2) is 4.98 Å². The number of aromatic nitrogens is 2. The van der Waals surface area contributed by atoms with Gasteiger partial charge in [-0.3, -0.25) is 14.6 Å². The Hall–Kier alpha value is -3.94. The first-order valence-electron chi connectivity index (χ1n) is 10.7. The zero-order valence-corrected chi connectivity index (χ0v) is 18.9. The highest BCUT2D eigenvalue weighted by molar-refractivity contribution is 5.97. The van der Waals surface area contributed by atoms with E-state index in [4.69, 9.17) is 9.47 Å². The van der Waals surface area contributed by atoms with Crippen molar-refractivity contribution < 1.29 is 19.1 Å². The Kier molecular flexibility index (Phi) is 6.53. The second-order valence-electron chi connectivity index (χ2n) is 7.85. The molecule has 0 bridgehead atoms. The molecule has 33 heavy (non-hydrogen) atoms. The molecule has 8 nitrogen and oxygen atoms in total. The molecule has 0 radical (unpaired) electrons. The van der Waals surface area contributed by atoms with Crippen molar-refractivity contribution in [1.29, 1.82) is 0 Å². The minimum Gasteiger partial charge on any atom is -0.497 e. The molecule has 4 rings (SSSR count). The quantitative estimate of drug-likeness (QED) is 0.595. The van der Waals surface area contributed by atoms with Gasteiger partial charge < -0.3 is 19.3 Å². The number of carbonyl (C=O) groups excluding carboxylic acids is 2. The molecule has 0 aliphatic carbocycles. The first-order chi connectivity index (χ1) is 16.0. The molecule has 3 aromatic rings. The SMILES string of the molecule is COc1ccc([C@H]2CN(C(C)=O)CCN2C(=O)c2cccnc2Oc2ccc(C)nc2)cc1. The first-order valence-corrected chi connectivity index (χ1v) is 10.7. The van der Waals surface area contributed by atoms with E-state index in [0.29, 0.717) is 30.9 Å². The van der Waals surface area contributed by atoms with Crippen LogP contribution in [0.3, 0.4) is 0 Å². The largest absolute Gasteiger partial charge is 0.497 e. The van der Waals surface area contributed by atoms with Gasteiger partial charge in [-0.1, -0.05) is 12.1 Å². The maximum atomic E-state index is 13.7. The van der Waals surface area contributed by atoms with Gasteiger partial charge in [0.15, 0.2) is 0 Å². The molecule has 1 saturated heterocycles. The second-order valence-corrected chi connectivity index (χ2v) is 7.85. The van der Waals surface area contributed by atoms with Crippen LogP contribution in [-0.2, 0) is 4.79 Å². The Morgan fingerprint density at radius 2 is 1.76 bits per heavy atom. The molecular formula is C25H26N4O4. The lowest BCUT2D eigenvalue weighted by molar-refractivity contribution is -0.131. The number of pyridine rings is 2. The van der Waals surface area contributed by atoms with Gasteiger partial charge in [0.2, 0.25) is 11.8 Å². The van der Waals surface area contributed by atoms with E-state index in [2.05, 4.69) is 9.97 Å². The van der Waals surface area contributed by atoms with E-state index >= 15 is 0 Å². The molecule has 3 heterocycles. The summed E-state index contributed by atoms with van der Waals surface area (Å²) in [6.45, 7) is 4.71. The number of nitrogens with zero attached hydrogens (tertiary/aromatic N) is 4. The van der Waals surface area contributed by atoms with Gasteiger partial charge in [-0.2, -0.15) is 0 Å². The van der Waals surface area contributed by atoms with Crippen LogP contribution in [0.2, 0.25) is 0 Å². The minimum absolute atomic E-state index is 0.0159. The third-order valence-corrected chi connectivity index (χ3v) is 5.69. The van der Waals surface area contributed by atoms with Crippen molar-refractivity contribution in [3.63, 3.8) is 0 Å². The Morgan fingerprint density at radius 3 is 2.42 bits per heavy atom. The molecule has 2 aromatic heterocycles. The molecule has 0 unspecified atom stereocenters. The lowest BCUT2D eigenvalue weighted by atomic mass is 10.0. The van der Waals surface area contributed by atoms with Gasteiger partial charge in [0.1, 0.15) is 17.1 Å². The minimum atomic E-state index is -0.310. The van der Waals surface area contributed by atoms with Gasteiger partial charge in [0, 0.05) is 38.4 Å². The van der Waals surface area contributed by atoms with Crippen LogP contribution in [0, 0.1) is 6.92 Å². The molecule has 0 saturated carbocycles. The molecule has 0 N–H and O–H groups in total. The smallest absolute Gasteiger partial charge is 0.259 e. The third kappa shape index (κ3) is 4.95. The average molecular weight is 447 g/mol. The first kappa shape index (κ1) is 22.3. The number of hydrogen-bond acceptors (Lipinski definition) is 6. The molecule has 1 aliphatic rings. The number of carbonyl (C=O) groups is 2. The van der Waals surface area contributed by atoms with Gasteiger partial charge in [0.05, 0.1) is 19.3 Å². The molecule has 8 heteroatoms. The highest BCUT2D eigenvalue weighted by Gasteiger charge is 2.34. The molecule has 1 aromatic carbocycles. The zero-order chi connectivity index (χ0) is 23.4. The van der Waals surface area contributed by atoms with Gasteiger partial charge in [-0.15, -0.1) is 0 Å². The lowest BCUT2D eigenvalue weighted by Gasteiger charge is -2.41. The molecular weight excluding hydrogens is 420 g/mol. The van der Waals surface area contributed by atoms with Crippen LogP contribution >= 0.6 is 0 Å². The van der Waals surface area contributed by atoms with Crippen LogP contribution in [0.15, 0.2) is 60.9 Å². The van der Waals surface area contributed by atoms with Crippen LogP contribution in [0.4, 0.5) is 0 Å².